The lowest BCUT2D eigenvalue weighted by atomic mass is 10.0. The zero-order valence-corrected chi connectivity index (χ0v) is 28.3. The number of halogens is 2. The lowest BCUT2D eigenvalue weighted by molar-refractivity contribution is -0.141. The van der Waals surface area contributed by atoms with Gasteiger partial charge in [0, 0.05) is 42.0 Å². The van der Waals surface area contributed by atoms with Crippen LogP contribution in [0.25, 0.3) is 0 Å². The summed E-state index contributed by atoms with van der Waals surface area (Å²) in [6.07, 6.45) is 2.48. The Kier molecular flexibility index (Phi) is 11.6. The molecule has 0 unspecified atom stereocenters. The van der Waals surface area contributed by atoms with Crippen molar-refractivity contribution < 1.29 is 22.7 Å². The number of sulfonamides is 1. The van der Waals surface area contributed by atoms with Crippen molar-refractivity contribution in [3.05, 3.63) is 129 Å². The van der Waals surface area contributed by atoms with Crippen molar-refractivity contribution in [1.29, 1.82) is 0 Å². The Balaban J connectivity index is 1.38. The SMILES string of the molecule is COc1ccc(CN(C(=O)CCc2ccc(S(=O)(=O)NC3CC3)cc2)[C@H](Cc2ccccc2)C(=O)NCc2ccc(Cl)cc2Cl)cc1. The van der Waals surface area contributed by atoms with Gasteiger partial charge in [0.25, 0.3) is 0 Å². The van der Waals surface area contributed by atoms with E-state index in [-0.39, 0.29) is 42.3 Å². The number of ether oxygens (including phenoxy) is 1. The molecule has 0 aromatic heterocycles. The molecule has 0 spiro atoms. The van der Waals surface area contributed by atoms with Crippen molar-refractivity contribution >= 4 is 45.0 Å². The zero-order chi connectivity index (χ0) is 33.4. The molecule has 47 heavy (non-hydrogen) atoms. The molecular formula is C36H37Cl2N3O5S. The van der Waals surface area contributed by atoms with Crippen LogP contribution in [0.1, 0.15) is 41.5 Å². The first kappa shape index (κ1) is 34.4. The maximum Gasteiger partial charge on any atom is 0.243 e. The van der Waals surface area contributed by atoms with Crippen LogP contribution in [-0.2, 0) is 45.5 Å². The molecule has 2 N–H and O–H groups in total. The number of hydrogen-bond donors (Lipinski definition) is 2. The van der Waals surface area contributed by atoms with E-state index in [0.717, 1.165) is 29.5 Å². The number of aryl methyl sites for hydroxylation is 1. The van der Waals surface area contributed by atoms with E-state index in [2.05, 4.69) is 10.0 Å². The summed E-state index contributed by atoms with van der Waals surface area (Å²) in [5.74, 6) is 0.149. The molecule has 0 saturated heterocycles. The summed E-state index contributed by atoms with van der Waals surface area (Å²) in [7, 11) is -1.99. The van der Waals surface area contributed by atoms with Crippen molar-refractivity contribution in [3.8, 4) is 5.75 Å². The third kappa shape index (κ3) is 9.81. The number of rotatable bonds is 15. The second-order valence-corrected chi connectivity index (χ2v) is 14.1. The molecule has 0 heterocycles. The summed E-state index contributed by atoms with van der Waals surface area (Å²) in [5, 5.41) is 3.92. The number of carbonyl (C=O) groups is 2. The lowest BCUT2D eigenvalue weighted by Crippen LogP contribution is -2.50. The quantitative estimate of drug-likeness (QED) is 0.151. The molecule has 0 bridgehead atoms. The average molecular weight is 695 g/mol. The third-order valence-electron chi connectivity index (χ3n) is 8.01. The number of nitrogens with zero attached hydrogens (tertiary/aromatic N) is 1. The molecule has 4 aromatic rings. The molecule has 1 fully saturated rings. The summed E-state index contributed by atoms with van der Waals surface area (Å²) in [6.45, 7) is 0.356. The molecule has 4 aromatic carbocycles. The first-order valence-electron chi connectivity index (χ1n) is 15.4. The average Bonchev–Trinajstić information content (AvgIpc) is 3.89. The van der Waals surface area contributed by atoms with Crippen LogP contribution in [-0.4, -0.2) is 44.3 Å². The van der Waals surface area contributed by atoms with E-state index in [1.54, 1.807) is 54.5 Å². The van der Waals surface area contributed by atoms with Gasteiger partial charge in [0.15, 0.2) is 0 Å². The number of benzene rings is 4. The third-order valence-corrected chi connectivity index (χ3v) is 10.1. The van der Waals surface area contributed by atoms with Crippen molar-refractivity contribution in [2.24, 2.45) is 0 Å². The highest BCUT2D eigenvalue weighted by molar-refractivity contribution is 7.89. The maximum absolute atomic E-state index is 14.1. The Hall–Kier alpha value is -3.89. The Morgan fingerprint density at radius 3 is 2.21 bits per heavy atom. The van der Waals surface area contributed by atoms with Crippen LogP contribution in [0.4, 0.5) is 0 Å². The van der Waals surface area contributed by atoms with Crippen LogP contribution in [0.15, 0.2) is 102 Å². The lowest BCUT2D eigenvalue weighted by Gasteiger charge is -2.32. The van der Waals surface area contributed by atoms with E-state index in [0.29, 0.717) is 34.2 Å². The molecular weight excluding hydrogens is 657 g/mol. The summed E-state index contributed by atoms with van der Waals surface area (Å²) in [6, 6.07) is 27.8. The molecule has 2 amide bonds. The van der Waals surface area contributed by atoms with Crippen molar-refractivity contribution in [2.45, 2.75) is 62.2 Å². The largest absolute Gasteiger partial charge is 0.497 e. The van der Waals surface area contributed by atoms with Crippen molar-refractivity contribution in [3.63, 3.8) is 0 Å². The molecule has 246 valence electrons. The van der Waals surface area contributed by atoms with E-state index in [9.17, 15) is 18.0 Å². The molecule has 8 nitrogen and oxygen atoms in total. The predicted molar refractivity (Wildman–Crippen MR) is 184 cm³/mol. The van der Waals surface area contributed by atoms with E-state index >= 15 is 0 Å². The Morgan fingerprint density at radius 2 is 1.57 bits per heavy atom. The van der Waals surface area contributed by atoms with Gasteiger partial charge >= 0.3 is 0 Å². The van der Waals surface area contributed by atoms with Crippen LogP contribution >= 0.6 is 23.2 Å². The number of nitrogens with one attached hydrogen (secondary N) is 2. The minimum absolute atomic E-state index is 0.0122. The molecule has 0 radical (unpaired) electrons. The Bertz CT molecular complexity index is 1780. The Morgan fingerprint density at radius 1 is 0.894 bits per heavy atom. The van der Waals surface area contributed by atoms with E-state index in [4.69, 9.17) is 27.9 Å². The standard InChI is InChI=1S/C36H37Cl2N3O5S/c1-46-31-16-7-27(8-17-31)24-41(35(42)20-11-25-9-18-32(19-10-25)47(44,45)40-30-14-15-30)34(21-26-5-3-2-4-6-26)36(43)39-23-28-12-13-29(37)22-33(28)38/h2-10,12-13,16-19,22,30,34,40H,11,14-15,20-21,23-24H2,1H3,(H,39,43)/t34-/m1/s1. The van der Waals surface area contributed by atoms with Gasteiger partial charge in [0.1, 0.15) is 11.8 Å². The van der Waals surface area contributed by atoms with Gasteiger partial charge in [0.2, 0.25) is 21.8 Å². The van der Waals surface area contributed by atoms with Crippen molar-refractivity contribution in [1.82, 2.24) is 14.9 Å². The molecule has 1 aliphatic rings. The second kappa shape index (κ2) is 15.8. The van der Waals surface area contributed by atoms with Crippen LogP contribution in [0.2, 0.25) is 10.0 Å². The second-order valence-electron chi connectivity index (χ2n) is 11.6. The first-order chi connectivity index (χ1) is 22.6. The van der Waals surface area contributed by atoms with Crippen LogP contribution in [0, 0.1) is 0 Å². The van der Waals surface area contributed by atoms with E-state index < -0.39 is 16.1 Å². The van der Waals surface area contributed by atoms with Gasteiger partial charge in [0.05, 0.1) is 12.0 Å². The maximum atomic E-state index is 14.1. The van der Waals surface area contributed by atoms with Crippen LogP contribution < -0.4 is 14.8 Å². The van der Waals surface area contributed by atoms with E-state index in [1.807, 2.05) is 54.6 Å². The summed E-state index contributed by atoms with van der Waals surface area (Å²) in [4.78, 5) is 29.9. The minimum Gasteiger partial charge on any atom is -0.497 e. The monoisotopic (exact) mass is 693 g/mol. The molecule has 11 heteroatoms. The molecule has 5 rings (SSSR count). The fraction of sp³-hybridized carbons (Fsp3) is 0.278. The fourth-order valence-corrected chi connectivity index (χ4v) is 6.95. The summed E-state index contributed by atoms with van der Waals surface area (Å²) < 4.78 is 33.2. The molecule has 1 aliphatic carbocycles. The first-order valence-corrected chi connectivity index (χ1v) is 17.6. The van der Waals surface area contributed by atoms with Gasteiger partial charge in [-0.25, -0.2) is 13.1 Å². The summed E-state index contributed by atoms with van der Waals surface area (Å²) >= 11 is 12.4. The number of carbonyl (C=O) groups excluding carboxylic acids is 2. The van der Waals surface area contributed by atoms with Crippen LogP contribution in [0.5, 0.6) is 5.75 Å². The van der Waals surface area contributed by atoms with Gasteiger partial charge in [-0.15, -0.1) is 0 Å². The van der Waals surface area contributed by atoms with E-state index in [1.165, 1.54) is 0 Å². The van der Waals surface area contributed by atoms with Crippen molar-refractivity contribution in [2.75, 3.05) is 7.11 Å². The highest BCUT2D eigenvalue weighted by atomic mass is 35.5. The normalized spacial score (nSPS) is 13.5. The number of hydrogen-bond acceptors (Lipinski definition) is 5. The van der Waals surface area contributed by atoms with Gasteiger partial charge in [-0.2, -0.15) is 0 Å². The molecule has 1 saturated carbocycles. The zero-order valence-electron chi connectivity index (χ0n) is 26.0. The highest BCUT2D eigenvalue weighted by Gasteiger charge is 2.31. The number of methoxy groups -OCH3 is 1. The smallest absolute Gasteiger partial charge is 0.243 e. The summed E-state index contributed by atoms with van der Waals surface area (Å²) in [5.41, 5.74) is 3.26. The highest BCUT2D eigenvalue weighted by Crippen LogP contribution is 2.24. The molecule has 0 aliphatic heterocycles. The van der Waals surface area contributed by atoms with Gasteiger partial charge in [-0.1, -0.05) is 83.9 Å². The fourth-order valence-electron chi connectivity index (χ4n) is 5.17. The topological polar surface area (TPSA) is 105 Å². The molecule has 1 atom stereocenters. The number of amides is 2. The minimum atomic E-state index is -3.57. The Labute approximate surface area is 286 Å². The van der Waals surface area contributed by atoms with Gasteiger partial charge in [-0.3, -0.25) is 9.59 Å². The van der Waals surface area contributed by atoms with Crippen LogP contribution in [0.3, 0.4) is 0 Å². The van der Waals surface area contributed by atoms with Gasteiger partial charge in [-0.05, 0) is 77.9 Å². The van der Waals surface area contributed by atoms with Gasteiger partial charge < -0.3 is 15.0 Å². The predicted octanol–water partition coefficient (Wildman–Crippen LogP) is 6.33.